The van der Waals surface area contributed by atoms with Gasteiger partial charge in [0, 0.05) is 5.57 Å². The van der Waals surface area contributed by atoms with Crippen LogP contribution in [0.4, 0.5) is 0 Å². The Balaban J connectivity index is 3.84. The van der Waals surface area contributed by atoms with Crippen LogP contribution in [0.1, 0.15) is 168 Å². The standard InChI is InChI=1S/C31H58O3/c1-3-5-7-9-11-13-15-16-18-20-22-24-26-28-29(30(32)31(33)34)27-25-23-21-19-17-14-12-10-8-6-4-2/h26,28,32H,3-25,27H2,1-2H3,(H,33,34). The van der Waals surface area contributed by atoms with Crippen molar-refractivity contribution < 1.29 is 15.0 Å². The van der Waals surface area contributed by atoms with E-state index in [1.165, 1.54) is 122 Å². The molecule has 0 aromatic rings. The van der Waals surface area contributed by atoms with Gasteiger partial charge in [-0.3, -0.25) is 0 Å². The van der Waals surface area contributed by atoms with Crippen LogP contribution in [0.3, 0.4) is 0 Å². The lowest BCUT2D eigenvalue weighted by molar-refractivity contribution is -0.135. The maximum Gasteiger partial charge on any atom is 0.371 e. The highest BCUT2D eigenvalue weighted by Gasteiger charge is 2.10. The van der Waals surface area contributed by atoms with Crippen molar-refractivity contribution in [3.05, 3.63) is 23.5 Å². The molecule has 0 bridgehead atoms. The first-order valence-corrected chi connectivity index (χ1v) is 14.9. The van der Waals surface area contributed by atoms with Crippen LogP contribution in [0.25, 0.3) is 0 Å². The zero-order chi connectivity index (χ0) is 25.1. The minimum Gasteiger partial charge on any atom is -0.502 e. The molecule has 0 aliphatic heterocycles. The smallest absolute Gasteiger partial charge is 0.371 e. The molecule has 0 fully saturated rings. The van der Waals surface area contributed by atoms with Crippen LogP contribution in [-0.4, -0.2) is 16.2 Å². The molecule has 0 rings (SSSR count). The van der Waals surface area contributed by atoms with Gasteiger partial charge in [-0.2, -0.15) is 0 Å². The van der Waals surface area contributed by atoms with Crippen LogP contribution in [0.2, 0.25) is 0 Å². The SMILES string of the molecule is CCCCCCCCCCCCCC=CC(CCCCCCCCCCCCC)=C(O)C(=O)O. The zero-order valence-electron chi connectivity index (χ0n) is 22.9. The Labute approximate surface area is 212 Å². The number of unbranched alkanes of at least 4 members (excludes halogenated alkanes) is 21. The number of carboxylic acid groups (broad SMARTS) is 1. The van der Waals surface area contributed by atoms with E-state index < -0.39 is 11.7 Å². The molecule has 0 aliphatic carbocycles. The van der Waals surface area contributed by atoms with Crippen molar-refractivity contribution in [3.8, 4) is 0 Å². The molecule has 0 aromatic carbocycles. The lowest BCUT2D eigenvalue weighted by atomic mass is 10.0. The highest BCUT2D eigenvalue weighted by Crippen LogP contribution is 2.18. The number of carbonyl (C=O) groups is 1. The monoisotopic (exact) mass is 478 g/mol. The number of carboxylic acids is 1. The minimum absolute atomic E-state index is 0.470. The molecule has 3 heteroatoms. The molecule has 0 aromatic heterocycles. The first-order valence-electron chi connectivity index (χ1n) is 14.9. The minimum atomic E-state index is -1.21. The Morgan fingerprint density at radius 2 is 0.882 bits per heavy atom. The summed E-state index contributed by atoms with van der Waals surface area (Å²) in [7, 11) is 0. The van der Waals surface area contributed by atoms with E-state index in [1.54, 1.807) is 0 Å². The number of allylic oxidation sites excluding steroid dienone is 3. The van der Waals surface area contributed by atoms with Gasteiger partial charge in [0.1, 0.15) is 0 Å². The molecule has 0 aliphatic rings. The lowest BCUT2D eigenvalue weighted by Crippen LogP contribution is -2.03. The Morgan fingerprint density at radius 1 is 0.529 bits per heavy atom. The quantitative estimate of drug-likeness (QED) is 0.0562. The van der Waals surface area contributed by atoms with E-state index in [1.807, 2.05) is 6.08 Å². The average Bonchev–Trinajstić information content (AvgIpc) is 2.83. The molecule has 0 atom stereocenters. The van der Waals surface area contributed by atoms with Crippen LogP contribution in [0.5, 0.6) is 0 Å². The predicted octanol–water partition coefficient (Wildman–Crippen LogP) is 10.8. The molecule has 0 unspecified atom stereocenters. The van der Waals surface area contributed by atoms with Gasteiger partial charge < -0.3 is 10.2 Å². The number of hydrogen-bond acceptors (Lipinski definition) is 2. The fourth-order valence-electron chi connectivity index (χ4n) is 4.55. The number of rotatable bonds is 26. The third kappa shape index (κ3) is 22.5. The van der Waals surface area contributed by atoms with Gasteiger partial charge in [-0.15, -0.1) is 0 Å². The topological polar surface area (TPSA) is 57.5 Å². The van der Waals surface area contributed by atoms with Crippen LogP contribution < -0.4 is 0 Å². The van der Waals surface area contributed by atoms with Crippen molar-refractivity contribution in [1.82, 2.24) is 0 Å². The molecule has 0 spiro atoms. The summed E-state index contributed by atoms with van der Waals surface area (Å²) in [4.78, 5) is 11.2. The molecule has 34 heavy (non-hydrogen) atoms. The molecule has 2 N–H and O–H groups in total. The fraction of sp³-hybridized carbons (Fsp3) is 0.839. The van der Waals surface area contributed by atoms with E-state index in [0.29, 0.717) is 12.0 Å². The van der Waals surface area contributed by atoms with Crippen molar-refractivity contribution in [2.75, 3.05) is 0 Å². The van der Waals surface area contributed by atoms with E-state index in [9.17, 15) is 15.0 Å². The lowest BCUT2D eigenvalue weighted by Gasteiger charge is -2.06. The van der Waals surface area contributed by atoms with E-state index in [-0.39, 0.29) is 0 Å². The summed E-state index contributed by atoms with van der Waals surface area (Å²) >= 11 is 0. The third-order valence-corrected chi connectivity index (χ3v) is 6.85. The highest BCUT2D eigenvalue weighted by atomic mass is 16.4. The van der Waals surface area contributed by atoms with Gasteiger partial charge in [0.15, 0.2) is 0 Å². The van der Waals surface area contributed by atoms with Gasteiger partial charge in [-0.05, 0) is 25.7 Å². The summed E-state index contributed by atoms with van der Waals surface area (Å²) in [5.74, 6) is -1.68. The first-order chi connectivity index (χ1) is 16.6. The van der Waals surface area contributed by atoms with Crippen LogP contribution in [0.15, 0.2) is 23.5 Å². The maximum atomic E-state index is 11.2. The average molecular weight is 479 g/mol. The van der Waals surface area contributed by atoms with Gasteiger partial charge >= 0.3 is 5.97 Å². The summed E-state index contributed by atoms with van der Waals surface area (Å²) in [5.41, 5.74) is 0.589. The predicted molar refractivity (Wildman–Crippen MR) is 149 cm³/mol. The first kappa shape index (κ1) is 32.8. The molecule has 0 heterocycles. The maximum absolute atomic E-state index is 11.2. The Hall–Kier alpha value is -1.25. The van der Waals surface area contributed by atoms with Gasteiger partial charge in [-0.25, -0.2) is 4.79 Å². The molecular formula is C31H58O3. The number of aliphatic carboxylic acids is 1. The summed E-state index contributed by atoms with van der Waals surface area (Å²) < 4.78 is 0. The largest absolute Gasteiger partial charge is 0.502 e. The molecule has 0 radical (unpaired) electrons. The van der Waals surface area contributed by atoms with Crippen molar-refractivity contribution >= 4 is 5.97 Å². The number of aliphatic hydroxyl groups is 1. The summed E-state index contributed by atoms with van der Waals surface area (Å²) in [5, 5.41) is 19.2. The fourth-order valence-corrected chi connectivity index (χ4v) is 4.55. The van der Waals surface area contributed by atoms with Crippen LogP contribution in [-0.2, 0) is 4.79 Å². The van der Waals surface area contributed by atoms with Gasteiger partial charge in [-0.1, -0.05) is 154 Å². The Bertz CT molecular complexity index is 507. The molecule has 3 nitrogen and oxygen atoms in total. The van der Waals surface area contributed by atoms with Crippen molar-refractivity contribution in [2.45, 2.75) is 168 Å². The van der Waals surface area contributed by atoms with E-state index in [0.717, 1.165) is 25.7 Å². The van der Waals surface area contributed by atoms with E-state index in [2.05, 4.69) is 19.9 Å². The second-order valence-corrected chi connectivity index (χ2v) is 10.2. The molecule has 200 valence electrons. The summed E-state index contributed by atoms with van der Waals surface area (Å²) in [6.07, 6.45) is 34.2. The number of aliphatic hydroxyl groups excluding tert-OH is 1. The second kappa shape index (κ2) is 26.4. The number of hydrogen-bond donors (Lipinski definition) is 2. The Kier molecular flexibility index (Phi) is 25.4. The van der Waals surface area contributed by atoms with Crippen molar-refractivity contribution in [3.63, 3.8) is 0 Å². The van der Waals surface area contributed by atoms with Crippen LogP contribution >= 0.6 is 0 Å². The van der Waals surface area contributed by atoms with Gasteiger partial charge in [0.2, 0.25) is 5.76 Å². The Morgan fingerprint density at radius 3 is 1.26 bits per heavy atom. The summed E-state index contributed by atoms with van der Waals surface area (Å²) in [6, 6.07) is 0. The van der Waals surface area contributed by atoms with E-state index >= 15 is 0 Å². The van der Waals surface area contributed by atoms with Gasteiger partial charge in [0.25, 0.3) is 0 Å². The highest BCUT2D eigenvalue weighted by molar-refractivity contribution is 5.85. The zero-order valence-corrected chi connectivity index (χ0v) is 22.9. The van der Waals surface area contributed by atoms with Gasteiger partial charge in [0.05, 0.1) is 0 Å². The van der Waals surface area contributed by atoms with Crippen molar-refractivity contribution in [2.24, 2.45) is 0 Å². The van der Waals surface area contributed by atoms with Crippen LogP contribution in [0, 0.1) is 0 Å². The molecule has 0 saturated heterocycles. The molecule has 0 saturated carbocycles. The second-order valence-electron chi connectivity index (χ2n) is 10.2. The van der Waals surface area contributed by atoms with E-state index in [4.69, 9.17) is 0 Å². The normalized spacial score (nSPS) is 12.4. The molecule has 0 amide bonds. The van der Waals surface area contributed by atoms with Crippen molar-refractivity contribution in [1.29, 1.82) is 0 Å². The summed E-state index contributed by atoms with van der Waals surface area (Å²) in [6.45, 7) is 4.52. The third-order valence-electron chi connectivity index (χ3n) is 6.85. The molecular weight excluding hydrogens is 420 g/mol.